The number of imidazole rings is 1. The largest absolute Gasteiger partial charge is 0.502 e. The van der Waals surface area contributed by atoms with E-state index in [1.165, 1.54) is 6.33 Å². The number of aliphatic hydroxyl groups is 1. The van der Waals surface area contributed by atoms with Gasteiger partial charge in [0, 0.05) is 18.8 Å². The maximum absolute atomic E-state index is 11.9. The first-order chi connectivity index (χ1) is 10.6. The lowest BCUT2D eigenvalue weighted by Crippen LogP contribution is -2.09. The molecule has 2 rings (SSSR count). The predicted molar refractivity (Wildman–Crippen MR) is 79.4 cm³/mol. The van der Waals surface area contributed by atoms with Crippen LogP contribution in [0.2, 0.25) is 0 Å². The SMILES string of the molecule is CCOC(=O)/C(O)=C/C(=O)c1cn(Cc2ccccc2)cn1. The number of ketones is 1. The van der Waals surface area contributed by atoms with Crippen molar-refractivity contribution in [1.82, 2.24) is 9.55 Å². The maximum atomic E-state index is 11.9. The third kappa shape index (κ3) is 4.05. The van der Waals surface area contributed by atoms with Gasteiger partial charge in [-0.25, -0.2) is 9.78 Å². The van der Waals surface area contributed by atoms with Crippen LogP contribution in [0.3, 0.4) is 0 Å². The second kappa shape index (κ2) is 7.21. The minimum atomic E-state index is -0.931. The Bertz CT molecular complexity index is 689. The summed E-state index contributed by atoms with van der Waals surface area (Å²) >= 11 is 0. The zero-order valence-electron chi connectivity index (χ0n) is 12.1. The molecular weight excluding hydrogens is 284 g/mol. The highest BCUT2D eigenvalue weighted by atomic mass is 16.5. The van der Waals surface area contributed by atoms with Crippen LogP contribution in [-0.4, -0.2) is 33.0 Å². The molecule has 1 heterocycles. The minimum absolute atomic E-state index is 0.122. The van der Waals surface area contributed by atoms with Crippen molar-refractivity contribution >= 4 is 11.8 Å². The molecule has 0 aliphatic carbocycles. The van der Waals surface area contributed by atoms with Crippen molar-refractivity contribution in [3.05, 3.63) is 65.9 Å². The highest BCUT2D eigenvalue weighted by molar-refractivity contribution is 6.06. The van der Waals surface area contributed by atoms with Crippen LogP contribution in [0.1, 0.15) is 23.0 Å². The van der Waals surface area contributed by atoms with E-state index in [2.05, 4.69) is 9.72 Å². The molecule has 0 aliphatic heterocycles. The second-order valence-corrected chi connectivity index (χ2v) is 4.53. The van der Waals surface area contributed by atoms with Crippen molar-refractivity contribution in [2.45, 2.75) is 13.5 Å². The summed E-state index contributed by atoms with van der Waals surface area (Å²) in [4.78, 5) is 27.1. The van der Waals surface area contributed by atoms with Gasteiger partial charge in [0.15, 0.2) is 0 Å². The number of hydrogen-bond acceptors (Lipinski definition) is 5. The Morgan fingerprint density at radius 1 is 1.32 bits per heavy atom. The van der Waals surface area contributed by atoms with Crippen LogP contribution in [0, 0.1) is 0 Å². The summed E-state index contributed by atoms with van der Waals surface area (Å²) in [6, 6.07) is 9.72. The molecule has 0 saturated heterocycles. The Balaban J connectivity index is 2.06. The summed E-state index contributed by atoms with van der Waals surface area (Å²) < 4.78 is 6.34. The molecule has 22 heavy (non-hydrogen) atoms. The van der Waals surface area contributed by atoms with Crippen LogP contribution in [0.5, 0.6) is 0 Å². The molecular formula is C16H16N2O4. The fourth-order valence-corrected chi connectivity index (χ4v) is 1.83. The molecule has 0 unspecified atom stereocenters. The molecule has 0 atom stereocenters. The number of nitrogens with zero attached hydrogens (tertiary/aromatic N) is 2. The van der Waals surface area contributed by atoms with Crippen molar-refractivity contribution in [2.24, 2.45) is 0 Å². The number of ether oxygens (including phenoxy) is 1. The molecule has 0 radical (unpaired) electrons. The lowest BCUT2D eigenvalue weighted by Gasteiger charge is -2.01. The Morgan fingerprint density at radius 3 is 2.73 bits per heavy atom. The quantitative estimate of drug-likeness (QED) is 0.382. The van der Waals surface area contributed by atoms with Crippen molar-refractivity contribution < 1.29 is 19.4 Å². The third-order valence-electron chi connectivity index (χ3n) is 2.85. The van der Waals surface area contributed by atoms with Gasteiger partial charge in [-0.15, -0.1) is 0 Å². The molecule has 2 aromatic rings. The molecule has 0 bridgehead atoms. The van der Waals surface area contributed by atoms with Gasteiger partial charge >= 0.3 is 5.97 Å². The minimum Gasteiger partial charge on any atom is -0.502 e. The van der Waals surface area contributed by atoms with E-state index in [1.54, 1.807) is 17.7 Å². The van der Waals surface area contributed by atoms with Crippen LogP contribution >= 0.6 is 0 Å². The smallest absolute Gasteiger partial charge is 0.373 e. The number of benzene rings is 1. The van der Waals surface area contributed by atoms with Gasteiger partial charge in [-0.3, -0.25) is 4.79 Å². The molecule has 1 aromatic carbocycles. The summed E-state index contributed by atoms with van der Waals surface area (Å²) in [5, 5.41) is 9.45. The molecule has 0 saturated carbocycles. The van der Waals surface area contributed by atoms with E-state index in [-0.39, 0.29) is 12.3 Å². The monoisotopic (exact) mass is 300 g/mol. The second-order valence-electron chi connectivity index (χ2n) is 4.53. The maximum Gasteiger partial charge on any atom is 0.373 e. The van der Waals surface area contributed by atoms with Gasteiger partial charge in [0.1, 0.15) is 5.69 Å². The number of esters is 1. The van der Waals surface area contributed by atoms with Gasteiger partial charge in [0.2, 0.25) is 11.5 Å². The average Bonchev–Trinajstić information content (AvgIpc) is 2.97. The Hall–Kier alpha value is -2.89. The number of carbonyl (C=O) groups is 2. The zero-order chi connectivity index (χ0) is 15.9. The van der Waals surface area contributed by atoms with Crippen LogP contribution in [0.4, 0.5) is 0 Å². The van der Waals surface area contributed by atoms with Gasteiger partial charge in [-0.1, -0.05) is 30.3 Å². The molecule has 6 heteroatoms. The molecule has 0 aliphatic rings. The standard InChI is InChI=1S/C16H16N2O4/c1-2-22-16(21)15(20)8-14(19)13-10-18(11-17-13)9-12-6-4-3-5-7-12/h3-8,10-11,20H,2,9H2,1H3/b15-8-. The van der Waals surface area contributed by atoms with E-state index < -0.39 is 17.5 Å². The predicted octanol–water partition coefficient (Wildman–Crippen LogP) is 2.12. The topological polar surface area (TPSA) is 81.4 Å². The van der Waals surface area contributed by atoms with Gasteiger partial charge in [0.25, 0.3) is 0 Å². The molecule has 1 aromatic heterocycles. The average molecular weight is 300 g/mol. The zero-order valence-corrected chi connectivity index (χ0v) is 12.1. The highest BCUT2D eigenvalue weighted by Crippen LogP contribution is 2.06. The molecule has 0 spiro atoms. The molecule has 1 N–H and O–H groups in total. The van der Waals surface area contributed by atoms with E-state index in [4.69, 9.17) is 0 Å². The van der Waals surface area contributed by atoms with Gasteiger partial charge in [0.05, 0.1) is 12.9 Å². The van der Waals surface area contributed by atoms with Crippen molar-refractivity contribution in [3.63, 3.8) is 0 Å². The van der Waals surface area contributed by atoms with Crippen molar-refractivity contribution in [1.29, 1.82) is 0 Å². The molecule has 6 nitrogen and oxygen atoms in total. The molecule has 0 amide bonds. The first kappa shape index (κ1) is 15.5. The van der Waals surface area contributed by atoms with Gasteiger partial charge < -0.3 is 14.4 Å². The molecule has 0 fully saturated rings. The lowest BCUT2D eigenvalue weighted by atomic mass is 10.2. The number of aromatic nitrogens is 2. The lowest BCUT2D eigenvalue weighted by molar-refractivity contribution is -0.141. The number of allylic oxidation sites excluding steroid dienone is 1. The molecule has 114 valence electrons. The normalized spacial score (nSPS) is 11.2. The van der Waals surface area contributed by atoms with E-state index in [0.29, 0.717) is 6.54 Å². The van der Waals surface area contributed by atoms with Crippen molar-refractivity contribution in [3.8, 4) is 0 Å². The highest BCUT2D eigenvalue weighted by Gasteiger charge is 2.13. The first-order valence-electron chi connectivity index (χ1n) is 6.78. The first-order valence-corrected chi connectivity index (χ1v) is 6.78. The summed E-state index contributed by atoms with van der Waals surface area (Å²) in [7, 11) is 0. The van der Waals surface area contributed by atoms with Crippen LogP contribution in [-0.2, 0) is 16.1 Å². The Labute approximate surface area is 127 Å². The summed E-state index contributed by atoms with van der Waals surface area (Å²) in [5.74, 6) is -2.22. The Kier molecular flexibility index (Phi) is 5.08. The van der Waals surface area contributed by atoms with Gasteiger partial charge in [-0.05, 0) is 12.5 Å². The summed E-state index contributed by atoms with van der Waals surface area (Å²) in [5.41, 5.74) is 1.22. The van der Waals surface area contributed by atoms with Gasteiger partial charge in [-0.2, -0.15) is 0 Å². The summed E-state index contributed by atoms with van der Waals surface area (Å²) in [6.07, 6.45) is 3.90. The van der Waals surface area contributed by atoms with E-state index in [1.807, 2.05) is 30.3 Å². The van der Waals surface area contributed by atoms with Crippen molar-refractivity contribution in [2.75, 3.05) is 6.61 Å². The number of aliphatic hydroxyl groups excluding tert-OH is 1. The number of rotatable bonds is 6. The van der Waals surface area contributed by atoms with Crippen LogP contribution in [0.15, 0.2) is 54.7 Å². The van der Waals surface area contributed by atoms with E-state index >= 15 is 0 Å². The summed E-state index contributed by atoms with van der Waals surface area (Å²) in [6.45, 7) is 2.31. The van der Waals surface area contributed by atoms with E-state index in [0.717, 1.165) is 11.6 Å². The third-order valence-corrected chi connectivity index (χ3v) is 2.85. The van der Waals surface area contributed by atoms with Crippen LogP contribution < -0.4 is 0 Å². The number of carbonyl (C=O) groups excluding carboxylic acids is 2. The van der Waals surface area contributed by atoms with Crippen LogP contribution in [0.25, 0.3) is 0 Å². The Morgan fingerprint density at radius 2 is 2.05 bits per heavy atom. The number of hydrogen-bond donors (Lipinski definition) is 1. The fraction of sp³-hybridized carbons (Fsp3) is 0.188. The fourth-order valence-electron chi connectivity index (χ4n) is 1.83. The van der Waals surface area contributed by atoms with E-state index in [9.17, 15) is 14.7 Å².